The second-order valence-corrected chi connectivity index (χ2v) is 7.03. The molecular formula is C20H18N6. The molecule has 1 aliphatic carbocycles. The summed E-state index contributed by atoms with van der Waals surface area (Å²) < 4.78 is 0. The standard InChI is InChI=1S/C20H18N6/c21-7-5-12-3-4-13(10-12)19-25-17-14-6-9-22-11-16(14)24-20-15(18(17)26-19)2-1-8-23-20/h1-2,6,8-9,11-13H,3-5,10H2,(H,23,24)(H,25,26). The van der Waals surface area contributed by atoms with Crippen LogP contribution in [0.25, 0.3) is 22.5 Å². The van der Waals surface area contributed by atoms with Crippen molar-refractivity contribution >= 4 is 11.5 Å². The van der Waals surface area contributed by atoms with E-state index < -0.39 is 0 Å². The number of aromatic amines is 1. The fourth-order valence-corrected chi connectivity index (χ4v) is 4.15. The van der Waals surface area contributed by atoms with Gasteiger partial charge in [-0.3, -0.25) is 4.98 Å². The van der Waals surface area contributed by atoms with Crippen molar-refractivity contribution in [1.29, 1.82) is 5.26 Å². The van der Waals surface area contributed by atoms with Crippen LogP contribution in [0.2, 0.25) is 0 Å². The van der Waals surface area contributed by atoms with Gasteiger partial charge < -0.3 is 10.3 Å². The predicted molar refractivity (Wildman–Crippen MR) is 98.6 cm³/mol. The zero-order valence-electron chi connectivity index (χ0n) is 14.2. The number of H-pyrrole nitrogens is 1. The first-order valence-corrected chi connectivity index (χ1v) is 8.97. The van der Waals surface area contributed by atoms with Crippen LogP contribution in [0.15, 0.2) is 36.8 Å². The van der Waals surface area contributed by atoms with Crippen LogP contribution >= 0.6 is 0 Å². The van der Waals surface area contributed by atoms with Gasteiger partial charge in [0, 0.05) is 35.9 Å². The maximum Gasteiger partial charge on any atom is 0.139 e. The number of pyridine rings is 2. The molecule has 3 aromatic heterocycles. The highest BCUT2D eigenvalue weighted by Crippen LogP contribution is 2.45. The Morgan fingerprint density at radius 1 is 1.19 bits per heavy atom. The summed E-state index contributed by atoms with van der Waals surface area (Å²) in [5.74, 6) is 2.70. The molecule has 2 atom stereocenters. The molecule has 0 bridgehead atoms. The fourth-order valence-electron chi connectivity index (χ4n) is 4.15. The Bertz CT molecular complexity index is 952. The number of anilines is 2. The third kappa shape index (κ3) is 2.36. The predicted octanol–water partition coefficient (Wildman–Crippen LogP) is 4.39. The number of fused-ring (bicyclic) bond motifs is 5. The van der Waals surface area contributed by atoms with Crippen LogP contribution in [0.5, 0.6) is 0 Å². The highest BCUT2D eigenvalue weighted by molar-refractivity contribution is 5.94. The zero-order valence-corrected chi connectivity index (χ0v) is 14.2. The van der Waals surface area contributed by atoms with Gasteiger partial charge in [0.15, 0.2) is 0 Å². The Kier molecular flexibility index (Phi) is 3.45. The Hall–Kier alpha value is -3.20. The summed E-state index contributed by atoms with van der Waals surface area (Å²) in [7, 11) is 0. The topological polar surface area (TPSA) is 90.3 Å². The average molecular weight is 342 g/mol. The highest BCUT2D eigenvalue weighted by Gasteiger charge is 2.30. The maximum atomic E-state index is 8.97. The summed E-state index contributed by atoms with van der Waals surface area (Å²) in [5.41, 5.74) is 4.92. The van der Waals surface area contributed by atoms with Gasteiger partial charge in [0.2, 0.25) is 0 Å². The Morgan fingerprint density at radius 3 is 3.08 bits per heavy atom. The second kappa shape index (κ2) is 5.95. The van der Waals surface area contributed by atoms with E-state index in [2.05, 4.69) is 26.3 Å². The van der Waals surface area contributed by atoms with Gasteiger partial charge in [-0.25, -0.2) is 9.97 Å². The molecule has 0 radical (unpaired) electrons. The molecule has 0 aromatic carbocycles. The van der Waals surface area contributed by atoms with E-state index >= 15 is 0 Å². The van der Waals surface area contributed by atoms with Crippen molar-refractivity contribution in [3.05, 3.63) is 42.6 Å². The van der Waals surface area contributed by atoms with Gasteiger partial charge >= 0.3 is 0 Å². The van der Waals surface area contributed by atoms with E-state index in [0.717, 1.165) is 59.1 Å². The first-order valence-electron chi connectivity index (χ1n) is 8.97. The molecule has 1 aliphatic heterocycles. The molecule has 4 heterocycles. The normalized spacial score (nSPS) is 20.3. The van der Waals surface area contributed by atoms with Crippen LogP contribution < -0.4 is 5.32 Å². The zero-order chi connectivity index (χ0) is 17.5. The fraction of sp³-hybridized carbons (Fsp3) is 0.300. The first kappa shape index (κ1) is 15.1. The number of imidazole rings is 1. The number of hydrogen-bond donors (Lipinski definition) is 2. The first-order chi connectivity index (χ1) is 12.8. The third-order valence-corrected chi connectivity index (χ3v) is 5.44. The number of nitriles is 1. The number of aromatic nitrogens is 4. The molecule has 2 unspecified atom stereocenters. The van der Waals surface area contributed by atoms with E-state index in [-0.39, 0.29) is 0 Å². The average Bonchev–Trinajstić information content (AvgIpc) is 3.28. The van der Waals surface area contributed by atoms with Gasteiger partial charge in [0.1, 0.15) is 17.3 Å². The molecule has 6 nitrogen and oxygen atoms in total. The number of nitrogens with one attached hydrogen (secondary N) is 2. The molecule has 2 N–H and O–H groups in total. The Balaban J connectivity index is 1.63. The molecule has 6 heteroatoms. The van der Waals surface area contributed by atoms with Crippen LogP contribution in [0, 0.1) is 17.2 Å². The van der Waals surface area contributed by atoms with Gasteiger partial charge in [-0.1, -0.05) is 0 Å². The van der Waals surface area contributed by atoms with Crippen molar-refractivity contribution < 1.29 is 0 Å². The van der Waals surface area contributed by atoms with Crippen molar-refractivity contribution in [1.82, 2.24) is 19.9 Å². The highest BCUT2D eigenvalue weighted by atomic mass is 15.0. The number of rotatable bonds is 2. The monoisotopic (exact) mass is 342 g/mol. The van der Waals surface area contributed by atoms with Crippen molar-refractivity contribution in [2.75, 3.05) is 5.32 Å². The molecule has 2 aliphatic rings. The second-order valence-electron chi connectivity index (χ2n) is 7.03. The molecular weight excluding hydrogens is 324 g/mol. The van der Waals surface area contributed by atoms with Crippen LogP contribution in [0.4, 0.5) is 11.5 Å². The minimum Gasteiger partial charge on any atom is -0.341 e. The molecule has 128 valence electrons. The molecule has 1 saturated carbocycles. The van der Waals surface area contributed by atoms with Crippen molar-refractivity contribution in [3.63, 3.8) is 0 Å². The third-order valence-electron chi connectivity index (χ3n) is 5.44. The molecule has 1 fully saturated rings. The lowest BCUT2D eigenvalue weighted by atomic mass is 10.0. The molecule has 0 amide bonds. The summed E-state index contributed by atoms with van der Waals surface area (Å²) in [6, 6.07) is 8.30. The van der Waals surface area contributed by atoms with Gasteiger partial charge in [0.05, 0.1) is 23.6 Å². The summed E-state index contributed by atoms with van der Waals surface area (Å²) in [6.45, 7) is 0. The lowest BCUT2D eigenvalue weighted by Gasteiger charge is -2.09. The van der Waals surface area contributed by atoms with E-state index in [1.165, 1.54) is 0 Å². The molecule has 3 aromatic rings. The molecule has 5 rings (SSSR count). The van der Waals surface area contributed by atoms with Crippen LogP contribution in [-0.4, -0.2) is 19.9 Å². The molecule has 0 spiro atoms. The number of nitrogens with zero attached hydrogens (tertiary/aromatic N) is 4. The van der Waals surface area contributed by atoms with Crippen LogP contribution in [-0.2, 0) is 0 Å². The maximum absolute atomic E-state index is 8.97. The lowest BCUT2D eigenvalue weighted by molar-refractivity contribution is 0.547. The minimum atomic E-state index is 0.388. The van der Waals surface area contributed by atoms with Gasteiger partial charge in [0.25, 0.3) is 0 Å². The minimum absolute atomic E-state index is 0.388. The Morgan fingerprint density at radius 2 is 2.15 bits per heavy atom. The van der Waals surface area contributed by atoms with E-state index in [0.29, 0.717) is 18.3 Å². The SMILES string of the molecule is N#CCC1CCC(c2nc3c([nH]2)-c2ccncc2Nc2ncccc2-3)C1. The summed E-state index contributed by atoms with van der Waals surface area (Å²) in [6.07, 6.45) is 9.26. The quantitative estimate of drug-likeness (QED) is 0.564. The van der Waals surface area contributed by atoms with Crippen molar-refractivity contribution in [2.45, 2.75) is 31.6 Å². The van der Waals surface area contributed by atoms with Crippen molar-refractivity contribution in [3.8, 4) is 28.6 Å². The lowest BCUT2D eigenvalue weighted by Crippen LogP contribution is -1.99. The van der Waals surface area contributed by atoms with Gasteiger partial charge in [-0.05, 0) is 43.4 Å². The molecule has 0 saturated heterocycles. The van der Waals surface area contributed by atoms with Crippen molar-refractivity contribution in [2.24, 2.45) is 5.92 Å². The number of hydrogen-bond acceptors (Lipinski definition) is 5. The van der Waals surface area contributed by atoms with E-state index in [4.69, 9.17) is 10.2 Å². The summed E-state index contributed by atoms with van der Waals surface area (Å²) in [4.78, 5) is 17.3. The van der Waals surface area contributed by atoms with Gasteiger partial charge in [-0.15, -0.1) is 0 Å². The van der Waals surface area contributed by atoms with Gasteiger partial charge in [-0.2, -0.15) is 5.26 Å². The van der Waals surface area contributed by atoms with E-state index in [9.17, 15) is 0 Å². The van der Waals surface area contributed by atoms with Crippen LogP contribution in [0.3, 0.4) is 0 Å². The Labute approximate surface area is 151 Å². The summed E-state index contributed by atoms with van der Waals surface area (Å²) >= 11 is 0. The largest absolute Gasteiger partial charge is 0.341 e. The van der Waals surface area contributed by atoms with E-state index in [1.807, 2.05) is 24.4 Å². The molecule has 26 heavy (non-hydrogen) atoms. The van der Waals surface area contributed by atoms with Crippen LogP contribution in [0.1, 0.15) is 37.4 Å². The smallest absolute Gasteiger partial charge is 0.139 e. The van der Waals surface area contributed by atoms with E-state index in [1.54, 1.807) is 12.4 Å². The summed E-state index contributed by atoms with van der Waals surface area (Å²) in [5, 5.41) is 12.4.